The average Bonchev–Trinajstić information content (AvgIpc) is 3.36. The van der Waals surface area contributed by atoms with Crippen molar-refractivity contribution in [2.24, 2.45) is 5.92 Å². The summed E-state index contributed by atoms with van der Waals surface area (Å²) in [6.45, 7) is 5.42. The number of piperidine rings is 1. The number of furan rings is 1. The molecule has 0 spiro atoms. The smallest absolute Gasteiger partial charge is 0.234 e. The van der Waals surface area contributed by atoms with Gasteiger partial charge in [0, 0.05) is 30.5 Å². The molecule has 3 aromatic rings. The lowest BCUT2D eigenvalue weighted by molar-refractivity contribution is -0.119. The number of nitrogens with one attached hydrogen (secondary N) is 2. The van der Waals surface area contributed by atoms with Crippen molar-refractivity contribution in [2.45, 2.75) is 51.4 Å². The maximum atomic E-state index is 12.4. The number of fused-ring (bicyclic) bond motifs is 2. The highest BCUT2D eigenvalue weighted by molar-refractivity contribution is 6.06. The summed E-state index contributed by atoms with van der Waals surface area (Å²) >= 11 is 0. The van der Waals surface area contributed by atoms with Gasteiger partial charge in [0.25, 0.3) is 0 Å². The van der Waals surface area contributed by atoms with Crippen LogP contribution in [0.3, 0.4) is 0 Å². The fourth-order valence-corrected chi connectivity index (χ4v) is 4.88. The summed E-state index contributed by atoms with van der Waals surface area (Å²) in [5.74, 6) is 1.93. The Morgan fingerprint density at radius 1 is 1.21 bits per heavy atom. The topological polar surface area (TPSA) is 83.3 Å². The average molecular weight is 452 g/mol. The van der Waals surface area contributed by atoms with E-state index in [1.165, 1.54) is 0 Å². The van der Waals surface area contributed by atoms with Gasteiger partial charge < -0.3 is 20.0 Å². The zero-order valence-electron chi connectivity index (χ0n) is 19.2. The summed E-state index contributed by atoms with van der Waals surface area (Å²) in [4.78, 5) is 24.0. The van der Waals surface area contributed by atoms with Crippen LogP contribution in [0.25, 0.3) is 11.1 Å². The van der Waals surface area contributed by atoms with Crippen LogP contribution >= 0.6 is 0 Å². The fraction of sp³-hybridized carbons (Fsp3) is 0.480. The van der Waals surface area contributed by atoms with Gasteiger partial charge in [-0.05, 0) is 56.7 Å². The first kappa shape index (κ1) is 21.7. The lowest BCUT2D eigenvalue weighted by Crippen LogP contribution is -2.34. The number of aromatic nitrogens is 2. The van der Waals surface area contributed by atoms with Crippen molar-refractivity contribution in [3.8, 4) is 0 Å². The molecule has 1 saturated heterocycles. The number of rotatable bonds is 7. The predicted octanol–water partition coefficient (Wildman–Crippen LogP) is 5.55. The van der Waals surface area contributed by atoms with Gasteiger partial charge in [0.1, 0.15) is 5.52 Å². The molecule has 2 aliphatic heterocycles. The Labute approximate surface area is 192 Å². The fourth-order valence-electron chi connectivity index (χ4n) is 4.88. The van der Waals surface area contributed by atoms with E-state index in [0.29, 0.717) is 23.9 Å². The minimum Gasteiger partial charge on any atom is -0.459 e. The summed E-state index contributed by atoms with van der Waals surface area (Å²) in [7, 11) is 0. The van der Waals surface area contributed by atoms with Gasteiger partial charge in [0.15, 0.2) is 11.4 Å². The summed E-state index contributed by atoms with van der Waals surface area (Å²) in [6.07, 6.45) is 6.50. The predicted molar refractivity (Wildman–Crippen MR) is 128 cm³/mol. The van der Waals surface area contributed by atoms with Gasteiger partial charge in [-0.15, -0.1) is 0 Å². The third-order valence-electron chi connectivity index (χ3n) is 6.96. The van der Waals surface area contributed by atoms with E-state index >= 15 is 0 Å². The van der Waals surface area contributed by atoms with E-state index in [9.17, 15) is 9.18 Å². The Balaban J connectivity index is 1.35. The van der Waals surface area contributed by atoms with Gasteiger partial charge in [-0.1, -0.05) is 18.9 Å². The van der Waals surface area contributed by atoms with Crippen molar-refractivity contribution in [2.75, 3.05) is 35.3 Å². The number of carbonyl (C=O) groups excluding carboxylic acids is 1. The molecule has 0 bridgehead atoms. The molecule has 33 heavy (non-hydrogen) atoms. The number of carbonyl (C=O) groups is 1. The standard InChI is InChI=1S/C25H30FN5O2/c1-25(2)18-7-6-17(15-20(18)28-23(25)32)27-24-29-19-10-14-33-21(19)22(30-24)31-12-8-16(9-13-31)5-3-4-11-26/h6-7,10,14-16H,3-5,8-9,11-13H2,1-2H3,(H,28,32)(H,27,29,30). The quantitative estimate of drug-likeness (QED) is 0.458. The third-order valence-corrected chi connectivity index (χ3v) is 6.96. The minimum atomic E-state index is -0.536. The van der Waals surface area contributed by atoms with Crippen LogP contribution in [-0.2, 0) is 10.2 Å². The van der Waals surface area contributed by atoms with Crippen LogP contribution in [0.2, 0.25) is 0 Å². The molecule has 0 radical (unpaired) electrons. The highest BCUT2D eigenvalue weighted by atomic mass is 19.1. The van der Waals surface area contributed by atoms with Crippen LogP contribution in [0.4, 0.5) is 27.5 Å². The molecule has 1 amide bonds. The maximum absolute atomic E-state index is 12.4. The number of unbranched alkanes of at least 4 members (excludes halogenated alkanes) is 1. The lowest BCUT2D eigenvalue weighted by Gasteiger charge is -2.32. The summed E-state index contributed by atoms with van der Waals surface area (Å²) in [5.41, 5.74) is 3.52. The van der Waals surface area contributed by atoms with Crippen molar-refractivity contribution in [1.82, 2.24) is 9.97 Å². The minimum absolute atomic E-state index is 0.00102. The second kappa shape index (κ2) is 8.65. The molecule has 2 N–H and O–H groups in total. The van der Waals surface area contributed by atoms with E-state index in [4.69, 9.17) is 9.40 Å². The number of halogens is 1. The molecule has 0 unspecified atom stereocenters. The van der Waals surface area contributed by atoms with Crippen molar-refractivity contribution in [3.63, 3.8) is 0 Å². The highest BCUT2D eigenvalue weighted by Gasteiger charge is 2.38. The summed E-state index contributed by atoms with van der Waals surface area (Å²) < 4.78 is 18.1. The van der Waals surface area contributed by atoms with Crippen molar-refractivity contribution < 1.29 is 13.6 Å². The molecule has 2 aromatic heterocycles. The first-order chi connectivity index (χ1) is 16.0. The molecule has 1 aromatic carbocycles. The number of alkyl halides is 1. The SMILES string of the molecule is CC1(C)C(=O)Nc2cc(Nc3nc(N4CCC(CCCCF)CC4)c4occc4n3)ccc21. The Morgan fingerprint density at radius 3 is 2.82 bits per heavy atom. The second-order valence-corrected chi connectivity index (χ2v) is 9.59. The number of benzene rings is 1. The van der Waals surface area contributed by atoms with E-state index in [1.54, 1.807) is 6.26 Å². The molecule has 1 fully saturated rings. The molecule has 7 nitrogen and oxygen atoms in total. The Morgan fingerprint density at radius 2 is 2.03 bits per heavy atom. The van der Waals surface area contributed by atoms with Gasteiger partial charge in [-0.25, -0.2) is 4.98 Å². The van der Waals surface area contributed by atoms with Crippen LogP contribution in [0.15, 0.2) is 34.9 Å². The number of anilines is 4. The monoisotopic (exact) mass is 451 g/mol. The first-order valence-electron chi connectivity index (χ1n) is 11.7. The largest absolute Gasteiger partial charge is 0.459 e. The Hall–Kier alpha value is -3.16. The van der Waals surface area contributed by atoms with Gasteiger partial charge in [-0.2, -0.15) is 4.98 Å². The molecule has 174 valence electrons. The van der Waals surface area contributed by atoms with E-state index in [2.05, 4.69) is 20.5 Å². The number of hydrogen-bond donors (Lipinski definition) is 2. The van der Waals surface area contributed by atoms with Gasteiger partial charge in [0.05, 0.1) is 18.4 Å². The first-order valence-corrected chi connectivity index (χ1v) is 11.7. The van der Waals surface area contributed by atoms with Crippen LogP contribution in [-0.4, -0.2) is 35.6 Å². The molecule has 0 atom stereocenters. The van der Waals surface area contributed by atoms with Crippen molar-refractivity contribution >= 4 is 40.1 Å². The van der Waals surface area contributed by atoms with E-state index in [0.717, 1.165) is 67.0 Å². The number of amides is 1. The Bertz CT molecular complexity index is 1170. The molecular weight excluding hydrogens is 421 g/mol. The lowest BCUT2D eigenvalue weighted by atomic mass is 9.86. The summed E-state index contributed by atoms with van der Waals surface area (Å²) in [5, 5.41) is 6.26. The molecular formula is C25H30FN5O2. The zero-order chi connectivity index (χ0) is 23.0. The highest BCUT2D eigenvalue weighted by Crippen LogP contribution is 2.39. The molecule has 5 rings (SSSR count). The van der Waals surface area contributed by atoms with Crippen LogP contribution in [0, 0.1) is 5.92 Å². The van der Waals surface area contributed by atoms with Gasteiger partial charge in [-0.3, -0.25) is 9.18 Å². The van der Waals surface area contributed by atoms with Crippen LogP contribution < -0.4 is 15.5 Å². The van der Waals surface area contributed by atoms with Crippen LogP contribution in [0.5, 0.6) is 0 Å². The normalized spacial score (nSPS) is 17.9. The van der Waals surface area contributed by atoms with E-state index in [1.807, 2.05) is 38.1 Å². The van der Waals surface area contributed by atoms with E-state index in [-0.39, 0.29) is 12.6 Å². The third kappa shape index (κ3) is 4.14. The van der Waals surface area contributed by atoms with Crippen molar-refractivity contribution in [3.05, 3.63) is 36.1 Å². The molecule has 4 heterocycles. The van der Waals surface area contributed by atoms with E-state index < -0.39 is 5.41 Å². The maximum Gasteiger partial charge on any atom is 0.234 e. The second-order valence-electron chi connectivity index (χ2n) is 9.59. The van der Waals surface area contributed by atoms with Gasteiger partial charge >= 0.3 is 0 Å². The molecule has 0 aliphatic carbocycles. The molecule has 8 heteroatoms. The summed E-state index contributed by atoms with van der Waals surface area (Å²) in [6, 6.07) is 7.70. The van der Waals surface area contributed by atoms with Crippen molar-refractivity contribution in [1.29, 1.82) is 0 Å². The number of hydrogen-bond acceptors (Lipinski definition) is 6. The molecule has 2 aliphatic rings. The van der Waals surface area contributed by atoms with Crippen LogP contribution in [0.1, 0.15) is 51.5 Å². The number of nitrogens with zero attached hydrogens (tertiary/aromatic N) is 3. The zero-order valence-corrected chi connectivity index (χ0v) is 19.2. The Kier molecular flexibility index (Phi) is 5.68. The molecule has 0 saturated carbocycles. The van der Waals surface area contributed by atoms with Gasteiger partial charge in [0.2, 0.25) is 11.9 Å².